The molecule has 2 atom stereocenters. The summed E-state index contributed by atoms with van der Waals surface area (Å²) in [6, 6.07) is 13.1. The molecule has 0 saturated carbocycles. The van der Waals surface area contributed by atoms with Gasteiger partial charge in [0.15, 0.2) is 0 Å². The van der Waals surface area contributed by atoms with E-state index in [0.29, 0.717) is 17.7 Å². The van der Waals surface area contributed by atoms with Crippen LogP contribution in [0.5, 0.6) is 0 Å². The Morgan fingerprint density at radius 2 is 1.81 bits per heavy atom. The third-order valence-electron chi connectivity index (χ3n) is 4.87. The molecule has 3 rings (SSSR count). The number of amides is 2. The lowest BCUT2D eigenvalue weighted by Gasteiger charge is -2.43. The molecular formula is C20H21N3O4. The lowest BCUT2D eigenvalue weighted by molar-refractivity contribution is -0.384. The first-order chi connectivity index (χ1) is 12.8. The first-order valence-corrected chi connectivity index (χ1v) is 8.74. The highest BCUT2D eigenvalue weighted by Gasteiger charge is 2.37. The van der Waals surface area contributed by atoms with Crippen LogP contribution in [0.25, 0.3) is 0 Å². The predicted molar refractivity (Wildman–Crippen MR) is 103 cm³/mol. The van der Waals surface area contributed by atoms with Crippen molar-refractivity contribution in [1.29, 1.82) is 0 Å². The van der Waals surface area contributed by atoms with E-state index >= 15 is 0 Å². The van der Waals surface area contributed by atoms with E-state index in [4.69, 9.17) is 0 Å². The maximum Gasteiger partial charge on any atom is 0.269 e. The molecule has 7 nitrogen and oxygen atoms in total. The number of nitro groups is 1. The predicted octanol–water partition coefficient (Wildman–Crippen LogP) is 3.83. The molecule has 1 heterocycles. The van der Waals surface area contributed by atoms with Crippen molar-refractivity contribution in [1.82, 2.24) is 0 Å². The first kappa shape index (κ1) is 18.6. The van der Waals surface area contributed by atoms with Gasteiger partial charge >= 0.3 is 0 Å². The zero-order valence-electron chi connectivity index (χ0n) is 15.5. The highest BCUT2D eigenvalue weighted by atomic mass is 16.6. The summed E-state index contributed by atoms with van der Waals surface area (Å²) in [6.07, 6.45) is 0.488. The molecule has 7 heteroatoms. The van der Waals surface area contributed by atoms with Gasteiger partial charge in [0, 0.05) is 49.0 Å². The Kier molecular flexibility index (Phi) is 4.94. The second-order valence-electron chi connectivity index (χ2n) is 6.71. The number of non-ortho nitro benzene ring substituents is 1. The molecule has 0 saturated heterocycles. The molecule has 0 bridgehead atoms. The molecular weight excluding hydrogens is 346 g/mol. The van der Waals surface area contributed by atoms with Gasteiger partial charge in [-0.15, -0.1) is 0 Å². The zero-order valence-corrected chi connectivity index (χ0v) is 15.5. The molecule has 0 N–H and O–H groups in total. The van der Waals surface area contributed by atoms with E-state index in [9.17, 15) is 19.7 Å². The van der Waals surface area contributed by atoms with Crippen LogP contribution in [0, 0.1) is 10.1 Å². The van der Waals surface area contributed by atoms with Crippen LogP contribution in [0.1, 0.15) is 38.8 Å². The van der Waals surface area contributed by atoms with Gasteiger partial charge < -0.3 is 9.80 Å². The van der Waals surface area contributed by atoms with Crippen molar-refractivity contribution in [2.45, 2.75) is 39.3 Å². The molecule has 1 aliphatic rings. The molecule has 0 radical (unpaired) electrons. The topological polar surface area (TPSA) is 83.8 Å². The third-order valence-corrected chi connectivity index (χ3v) is 4.87. The summed E-state index contributed by atoms with van der Waals surface area (Å²) in [4.78, 5) is 38.8. The second-order valence-corrected chi connectivity index (χ2v) is 6.71. The van der Waals surface area contributed by atoms with E-state index in [0.717, 1.165) is 5.69 Å². The molecule has 1 aliphatic heterocycles. The Labute approximate surface area is 157 Å². The Morgan fingerprint density at radius 1 is 1.15 bits per heavy atom. The van der Waals surface area contributed by atoms with E-state index in [1.165, 1.54) is 26.0 Å². The molecule has 0 aliphatic carbocycles. The number of hydrogen-bond acceptors (Lipinski definition) is 4. The number of benzene rings is 2. The number of fused-ring (bicyclic) bond motifs is 1. The van der Waals surface area contributed by atoms with Crippen molar-refractivity contribution in [2.24, 2.45) is 0 Å². The van der Waals surface area contributed by atoms with Crippen LogP contribution in [0.15, 0.2) is 48.5 Å². The minimum atomic E-state index is -0.464. The van der Waals surface area contributed by atoms with Crippen LogP contribution in [0.2, 0.25) is 0 Å². The van der Waals surface area contributed by atoms with Crippen molar-refractivity contribution in [3.63, 3.8) is 0 Å². The molecule has 2 amide bonds. The lowest BCUT2D eigenvalue weighted by Crippen LogP contribution is -2.46. The van der Waals surface area contributed by atoms with E-state index in [-0.39, 0.29) is 23.5 Å². The summed E-state index contributed by atoms with van der Waals surface area (Å²) in [5, 5.41) is 11.3. The lowest BCUT2D eigenvalue weighted by atomic mass is 9.89. The summed E-state index contributed by atoms with van der Waals surface area (Å²) in [6.45, 7) is 4.87. The fourth-order valence-corrected chi connectivity index (χ4v) is 3.83. The minimum Gasteiger partial charge on any atom is -0.309 e. The first-order valence-electron chi connectivity index (χ1n) is 8.74. The van der Waals surface area contributed by atoms with E-state index in [2.05, 4.69) is 0 Å². The SMILES string of the molecule is CC(=O)N1c2ccc([N+](=O)[O-])cc2[C@@H](N(C(C)=O)c2ccccc2)C[C@H]1C. The van der Waals surface area contributed by atoms with Gasteiger partial charge in [-0.05, 0) is 31.5 Å². The molecule has 2 aromatic rings. The number of hydrogen-bond donors (Lipinski definition) is 0. The fourth-order valence-electron chi connectivity index (χ4n) is 3.83. The van der Waals surface area contributed by atoms with Gasteiger partial charge in [-0.1, -0.05) is 18.2 Å². The van der Waals surface area contributed by atoms with Crippen LogP contribution in [0.4, 0.5) is 17.1 Å². The Hall–Kier alpha value is -3.22. The van der Waals surface area contributed by atoms with Crippen LogP contribution >= 0.6 is 0 Å². The molecule has 0 unspecified atom stereocenters. The third kappa shape index (κ3) is 3.40. The van der Waals surface area contributed by atoms with Gasteiger partial charge in [-0.2, -0.15) is 0 Å². The number of anilines is 2. The molecule has 0 spiro atoms. The van der Waals surface area contributed by atoms with Crippen molar-refractivity contribution >= 4 is 28.9 Å². The molecule has 2 aromatic carbocycles. The molecule has 140 valence electrons. The Balaban J connectivity index is 2.20. The van der Waals surface area contributed by atoms with Crippen LogP contribution in [0.3, 0.4) is 0 Å². The maximum absolute atomic E-state index is 12.5. The van der Waals surface area contributed by atoms with Crippen molar-refractivity contribution in [2.75, 3.05) is 9.80 Å². The maximum atomic E-state index is 12.5. The minimum absolute atomic E-state index is 0.0617. The van der Waals surface area contributed by atoms with Crippen molar-refractivity contribution in [3.05, 3.63) is 64.2 Å². The van der Waals surface area contributed by atoms with Crippen molar-refractivity contribution < 1.29 is 14.5 Å². The second kappa shape index (κ2) is 7.19. The Morgan fingerprint density at radius 3 is 2.37 bits per heavy atom. The zero-order chi connectivity index (χ0) is 19.7. The fraction of sp³-hybridized carbons (Fsp3) is 0.300. The van der Waals surface area contributed by atoms with E-state index in [1.54, 1.807) is 15.9 Å². The number of nitro benzene ring substituents is 1. The molecule has 0 fully saturated rings. The summed E-state index contributed by atoms with van der Waals surface area (Å²) in [5.74, 6) is -0.294. The summed E-state index contributed by atoms with van der Waals surface area (Å²) < 4.78 is 0. The van der Waals surface area contributed by atoms with Gasteiger partial charge in [0.1, 0.15) is 0 Å². The smallest absolute Gasteiger partial charge is 0.269 e. The highest BCUT2D eigenvalue weighted by Crippen LogP contribution is 2.43. The van der Waals surface area contributed by atoms with Crippen LogP contribution in [-0.4, -0.2) is 22.8 Å². The van der Waals surface area contributed by atoms with Gasteiger partial charge in [-0.25, -0.2) is 0 Å². The van der Waals surface area contributed by atoms with Crippen LogP contribution in [-0.2, 0) is 9.59 Å². The monoisotopic (exact) mass is 367 g/mol. The largest absolute Gasteiger partial charge is 0.309 e. The average Bonchev–Trinajstić information content (AvgIpc) is 2.61. The standard InChI is InChI=1S/C20H21N3O4/c1-13-11-20(22(15(3)25)16-7-5-4-6-8-16)18-12-17(23(26)27)9-10-19(18)21(13)14(2)24/h4-10,12-13,20H,11H2,1-3H3/t13-,20+/m1/s1. The normalized spacial score (nSPS) is 18.6. The highest BCUT2D eigenvalue weighted by molar-refractivity contribution is 5.96. The van der Waals surface area contributed by atoms with Crippen LogP contribution < -0.4 is 9.80 Å². The summed E-state index contributed by atoms with van der Waals surface area (Å²) in [5.41, 5.74) is 1.87. The summed E-state index contributed by atoms with van der Waals surface area (Å²) >= 11 is 0. The Bertz CT molecular complexity index is 897. The number of carbonyl (C=O) groups excluding carboxylic acids is 2. The number of nitrogens with zero attached hydrogens (tertiary/aromatic N) is 3. The van der Waals surface area contributed by atoms with E-state index < -0.39 is 11.0 Å². The van der Waals surface area contributed by atoms with Gasteiger partial charge in [0.05, 0.1) is 11.0 Å². The summed E-state index contributed by atoms with van der Waals surface area (Å²) in [7, 11) is 0. The number of rotatable bonds is 3. The van der Waals surface area contributed by atoms with E-state index in [1.807, 2.05) is 37.3 Å². The van der Waals surface area contributed by atoms with Gasteiger partial charge in [-0.3, -0.25) is 19.7 Å². The van der Waals surface area contributed by atoms with Gasteiger partial charge in [0.25, 0.3) is 5.69 Å². The quantitative estimate of drug-likeness (QED) is 0.609. The van der Waals surface area contributed by atoms with Crippen molar-refractivity contribution in [3.8, 4) is 0 Å². The average molecular weight is 367 g/mol. The number of para-hydroxylation sites is 1. The molecule has 0 aromatic heterocycles. The van der Waals surface area contributed by atoms with Gasteiger partial charge in [0.2, 0.25) is 11.8 Å². The molecule has 27 heavy (non-hydrogen) atoms. The number of carbonyl (C=O) groups is 2.